The molecule has 1 aromatic heterocycles. The van der Waals surface area contributed by atoms with Crippen LogP contribution < -0.4 is 11.3 Å². The Hall–Kier alpha value is -1.59. The van der Waals surface area contributed by atoms with Crippen LogP contribution in [0.25, 0.3) is 0 Å². The van der Waals surface area contributed by atoms with Gasteiger partial charge in [-0.2, -0.15) is 0 Å². The second kappa shape index (κ2) is 4.96. The second-order valence-corrected chi connectivity index (χ2v) is 4.35. The van der Waals surface area contributed by atoms with Gasteiger partial charge in [-0.15, -0.1) is 0 Å². The maximum atomic E-state index is 13.6. The van der Waals surface area contributed by atoms with Gasteiger partial charge in [0.15, 0.2) is 5.15 Å². The third-order valence-electron chi connectivity index (χ3n) is 2.41. The summed E-state index contributed by atoms with van der Waals surface area (Å²) in [7, 11) is 0. The highest BCUT2D eigenvalue weighted by molar-refractivity contribution is 6.31. The van der Waals surface area contributed by atoms with E-state index in [-0.39, 0.29) is 28.0 Å². The zero-order valence-corrected chi connectivity index (χ0v) is 10.5. The van der Waals surface area contributed by atoms with Crippen LogP contribution in [0.4, 0.5) is 10.1 Å². The first-order chi connectivity index (χ1) is 8.50. The highest BCUT2D eigenvalue weighted by Gasteiger charge is 2.11. The van der Waals surface area contributed by atoms with E-state index in [1.54, 1.807) is 0 Å². The van der Waals surface area contributed by atoms with Crippen molar-refractivity contribution < 1.29 is 4.39 Å². The van der Waals surface area contributed by atoms with E-state index >= 15 is 0 Å². The fourth-order valence-corrected chi connectivity index (χ4v) is 1.80. The van der Waals surface area contributed by atoms with Crippen LogP contribution in [0.5, 0.6) is 0 Å². The quantitative estimate of drug-likeness (QED) is 0.863. The summed E-state index contributed by atoms with van der Waals surface area (Å²) in [6, 6.07) is 4.29. The van der Waals surface area contributed by atoms with E-state index in [0.29, 0.717) is 0 Å². The highest BCUT2D eigenvalue weighted by atomic mass is 35.5. The predicted molar refractivity (Wildman–Crippen MR) is 68.4 cm³/mol. The molecule has 0 saturated carbocycles. The molecule has 0 radical (unpaired) electrons. The van der Waals surface area contributed by atoms with E-state index in [2.05, 4.69) is 4.98 Å². The highest BCUT2D eigenvalue weighted by Crippen LogP contribution is 2.19. The molecule has 2 rings (SSSR count). The molecule has 2 aromatic rings. The van der Waals surface area contributed by atoms with Crippen LogP contribution >= 0.6 is 23.2 Å². The van der Waals surface area contributed by atoms with Crippen LogP contribution in [0.2, 0.25) is 10.2 Å². The van der Waals surface area contributed by atoms with Crippen LogP contribution in [0, 0.1) is 5.82 Å². The lowest BCUT2D eigenvalue weighted by Crippen LogP contribution is -2.24. The van der Waals surface area contributed by atoms with Crippen LogP contribution in [0.1, 0.15) is 5.56 Å². The Morgan fingerprint density at radius 3 is 2.78 bits per heavy atom. The van der Waals surface area contributed by atoms with Gasteiger partial charge in [-0.25, -0.2) is 9.37 Å². The van der Waals surface area contributed by atoms with E-state index in [1.165, 1.54) is 24.5 Å². The monoisotopic (exact) mass is 287 g/mol. The van der Waals surface area contributed by atoms with Crippen molar-refractivity contribution in [2.24, 2.45) is 0 Å². The van der Waals surface area contributed by atoms with Crippen molar-refractivity contribution in [3.8, 4) is 0 Å². The van der Waals surface area contributed by atoms with E-state index in [1.807, 2.05) is 0 Å². The van der Waals surface area contributed by atoms with Crippen molar-refractivity contribution >= 4 is 28.9 Å². The number of nitrogen functional groups attached to an aromatic ring is 1. The van der Waals surface area contributed by atoms with Gasteiger partial charge in [-0.05, 0) is 12.1 Å². The Morgan fingerprint density at radius 2 is 2.11 bits per heavy atom. The number of nitrogens with zero attached hydrogens (tertiary/aromatic N) is 2. The fourth-order valence-electron chi connectivity index (χ4n) is 1.45. The zero-order valence-electron chi connectivity index (χ0n) is 9.03. The molecule has 4 nitrogen and oxygen atoms in total. The molecule has 7 heteroatoms. The number of benzene rings is 1. The van der Waals surface area contributed by atoms with Crippen LogP contribution in [0.3, 0.4) is 0 Å². The molecule has 0 bridgehead atoms. The average Bonchev–Trinajstić information content (AvgIpc) is 2.34. The van der Waals surface area contributed by atoms with Crippen molar-refractivity contribution in [2.45, 2.75) is 6.54 Å². The third-order valence-corrected chi connectivity index (χ3v) is 3.07. The molecule has 0 aliphatic rings. The number of hydrogen-bond acceptors (Lipinski definition) is 3. The Labute approximate surface area is 112 Å². The summed E-state index contributed by atoms with van der Waals surface area (Å²) >= 11 is 11.5. The molecule has 0 aliphatic carbocycles. The van der Waals surface area contributed by atoms with Crippen LogP contribution in [-0.4, -0.2) is 9.55 Å². The molecule has 0 atom stereocenters. The van der Waals surface area contributed by atoms with Gasteiger partial charge >= 0.3 is 0 Å². The van der Waals surface area contributed by atoms with Crippen molar-refractivity contribution in [1.29, 1.82) is 0 Å². The minimum Gasteiger partial charge on any atom is -0.392 e. The summed E-state index contributed by atoms with van der Waals surface area (Å²) in [6.07, 6.45) is 1.20. The van der Waals surface area contributed by atoms with Crippen LogP contribution in [-0.2, 0) is 6.54 Å². The number of rotatable bonds is 2. The lowest BCUT2D eigenvalue weighted by molar-refractivity contribution is 0.594. The molecule has 1 heterocycles. The Bertz CT molecular complexity index is 637. The third kappa shape index (κ3) is 2.32. The Kier molecular flexibility index (Phi) is 3.54. The molecule has 94 valence electrons. The van der Waals surface area contributed by atoms with E-state index in [4.69, 9.17) is 28.9 Å². The van der Waals surface area contributed by atoms with E-state index in [0.717, 1.165) is 4.57 Å². The molecule has 0 fully saturated rings. The predicted octanol–water partition coefficient (Wildman–Crippen LogP) is 2.32. The average molecular weight is 288 g/mol. The fraction of sp³-hybridized carbons (Fsp3) is 0.0909. The molecule has 0 amide bonds. The SMILES string of the molecule is Nc1c(Cl)ncn(Cc2c(F)cccc2Cl)c1=O. The minimum absolute atomic E-state index is 0.0568. The van der Waals surface area contributed by atoms with Crippen molar-refractivity contribution in [3.63, 3.8) is 0 Å². The van der Waals surface area contributed by atoms with Gasteiger partial charge in [-0.3, -0.25) is 9.36 Å². The lowest BCUT2D eigenvalue weighted by atomic mass is 10.2. The topological polar surface area (TPSA) is 60.9 Å². The van der Waals surface area contributed by atoms with Gasteiger partial charge in [0.25, 0.3) is 5.56 Å². The van der Waals surface area contributed by atoms with Gasteiger partial charge in [-0.1, -0.05) is 29.3 Å². The minimum atomic E-state index is -0.533. The molecule has 0 unspecified atom stereocenters. The number of halogens is 3. The Morgan fingerprint density at radius 1 is 1.39 bits per heavy atom. The van der Waals surface area contributed by atoms with Crippen LogP contribution in [0.15, 0.2) is 29.3 Å². The largest absolute Gasteiger partial charge is 0.392 e. The lowest BCUT2D eigenvalue weighted by Gasteiger charge is -2.09. The summed E-state index contributed by atoms with van der Waals surface area (Å²) in [6.45, 7) is -0.0568. The summed E-state index contributed by atoms with van der Waals surface area (Å²) in [4.78, 5) is 15.5. The van der Waals surface area contributed by atoms with Crippen molar-refractivity contribution in [1.82, 2.24) is 9.55 Å². The summed E-state index contributed by atoms with van der Waals surface area (Å²) < 4.78 is 14.7. The van der Waals surface area contributed by atoms with E-state index in [9.17, 15) is 9.18 Å². The smallest absolute Gasteiger partial charge is 0.278 e. The number of hydrogen-bond donors (Lipinski definition) is 1. The number of aromatic nitrogens is 2. The maximum Gasteiger partial charge on any atom is 0.278 e. The first-order valence-corrected chi connectivity index (χ1v) is 5.69. The van der Waals surface area contributed by atoms with E-state index < -0.39 is 11.4 Å². The van der Waals surface area contributed by atoms with Crippen molar-refractivity contribution in [2.75, 3.05) is 5.73 Å². The molecular weight excluding hydrogens is 280 g/mol. The summed E-state index contributed by atoms with van der Waals surface area (Å²) in [5, 5.41) is 0.159. The number of anilines is 1. The van der Waals surface area contributed by atoms with Crippen molar-refractivity contribution in [3.05, 3.63) is 56.4 Å². The molecule has 1 aromatic carbocycles. The van der Waals surface area contributed by atoms with Gasteiger partial charge in [0.2, 0.25) is 0 Å². The molecule has 2 N–H and O–H groups in total. The van der Waals surface area contributed by atoms with Gasteiger partial charge in [0.05, 0.1) is 12.9 Å². The molecule has 18 heavy (non-hydrogen) atoms. The van der Waals surface area contributed by atoms with Gasteiger partial charge in [0, 0.05) is 10.6 Å². The first kappa shape index (κ1) is 12.9. The zero-order chi connectivity index (χ0) is 13.3. The first-order valence-electron chi connectivity index (χ1n) is 4.94. The molecule has 0 spiro atoms. The molecule has 0 aliphatic heterocycles. The maximum absolute atomic E-state index is 13.6. The molecular formula is C11H8Cl2FN3O. The summed E-state index contributed by atoms with van der Waals surface area (Å²) in [5.74, 6) is -0.497. The Balaban J connectivity index is 2.47. The normalized spacial score (nSPS) is 10.6. The van der Waals surface area contributed by atoms with Gasteiger partial charge in [0.1, 0.15) is 11.5 Å². The summed E-state index contributed by atoms with van der Waals surface area (Å²) in [5.41, 5.74) is 4.95. The van der Waals surface area contributed by atoms with Gasteiger partial charge < -0.3 is 5.73 Å². The standard InChI is InChI=1S/C11H8Cl2FN3O/c12-7-2-1-3-8(14)6(7)4-17-5-16-10(13)9(15)11(17)18/h1-3,5H,4,15H2. The molecule has 0 saturated heterocycles. The second-order valence-electron chi connectivity index (χ2n) is 3.58. The number of nitrogens with two attached hydrogens (primary N) is 1.